The summed E-state index contributed by atoms with van der Waals surface area (Å²) in [4.78, 5) is 12.0. The molecule has 2 rings (SSSR count). The Hall–Kier alpha value is -1.90. The van der Waals surface area contributed by atoms with Gasteiger partial charge in [0, 0.05) is 18.2 Å². The molecule has 0 aliphatic heterocycles. The Kier molecular flexibility index (Phi) is 5.32. The van der Waals surface area contributed by atoms with E-state index in [0.717, 1.165) is 12.8 Å². The lowest BCUT2D eigenvalue weighted by Crippen LogP contribution is -2.47. The van der Waals surface area contributed by atoms with E-state index < -0.39 is 5.82 Å². The molecule has 0 saturated heterocycles. The summed E-state index contributed by atoms with van der Waals surface area (Å²) in [6.07, 6.45) is 1.84. The Morgan fingerprint density at radius 3 is 2.90 bits per heavy atom. The van der Waals surface area contributed by atoms with Crippen LogP contribution in [0.5, 0.6) is 0 Å². The van der Waals surface area contributed by atoms with Crippen molar-refractivity contribution in [3.05, 3.63) is 35.1 Å². The van der Waals surface area contributed by atoms with Crippen LogP contribution in [0, 0.1) is 17.7 Å². The molecule has 0 unspecified atom stereocenters. The van der Waals surface area contributed by atoms with Crippen molar-refractivity contribution in [3.8, 4) is 11.8 Å². The number of hydrogen-bond acceptors (Lipinski definition) is 3. The lowest BCUT2D eigenvalue weighted by molar-refractivity contribution is -0.00863. The van der Waals surface area contributed by atoms with Crippen molar-refractivity contribution in [3.63, 3.8) is 0 Å². The number of carbonyl (C=O) groups excluding carboxylic acids is 1. The minimum absolute atomic E-state index is 0.105. The van der Waals surface area contributed by atoms with Crippen LogP contribution >= 0.6 is 0 Å². The SMILES string of the molecule is CCOC1CC(NC(=O)c2ccc(C#CCN)c(F)c2)C1. The number of hydrogen-bond donors (Lipinski definition) is 2. The second-order valence-corrected chi connectivity index (χ2v) is 4.92. The molecule has 112 valence electrons. The minimum atomic E-state index is -0.510. The maximum Gasteiger partial charge on any atom is 0.251 e. The molecule has 0 aromatic heterocycles. The van der Waals surface area contributed by atoms with Gasteiger partial charge in [-0.2, -0.15) is 0 Å². The van der Waals surface area contributed by atoms with Gasteiger partial charge in [0.25, 0.3) is 5.91 Å². The third-order valence-electron chi connectivity index (χ3n) is 3.39. The van der Waals surface area contributed by atoms with Crippen LogP contribution in [-0.2, 0) is 4.74 Å². The molecule has 1 amide bonds. The zero-order chi connectivity index (χ0) is 15.2. The zero-order valence-corrected chi connectivity index (χ0v) is 12.0. The second-order valence-electron chi connectivity index (χ2n) is 4.92. The molecule has 1 saturated carbocycles. The van der Waals surface area contributed by atoms with Crippen LogP contribution in [0.25, 0.3) is 0 Å². The van der Waals surface area contributed by atoms with Crippen LogP contribution in [0.3, 0.4) is 0 Å². The summed E-state index contributed by atoms with van der Waals surface area (Å²) in [6.45, 7) is 2.80. The first-order valence-corrected chi connectivity index (χ1v) is 7.05. The van der Waals surface area contributed by atoms with Crippen molar-refractivity contribution in [2.45, 2.75) is 31.9 Å². The molecule has 0 spiro atoms. The van der Waals surface area contributed by atoms with Crippen molar-refractivity contribution >= 4 is 5.91 Å². The molecule has 0 bridgehead atoms. The van der Waals surface area contributed by atoms with Crippen molar-refractivity contribution in [1.29, 1.82) is 0 Å². The molecule has 5 heteroatoms. The Bertz CT molecular complexity index is 571. The highest BCUT2D eigenvalue weighted by molar-refractivity contribution is 5.94. The number of halogens is 1. The molecule has 1 fully saturated rings. The molecule has 21 heavy (non-hydrogen) atoms. The van der Waals surface area contributed by atoms with Gasteiger partial charge in [0.1, 0.15) is 5.82 Å². The highest BCUT2D eigenvalue weighted by Gasteiger charge is 2.30. The lowest BCUT2D eigenvalue weighted by Gasteiger charge is -2.35. The van der Waals surface area contributed by atoms with Crippen molar-refractivity contribution < 1.29 is 13.9 Å². The smallest absolute Gasteiger partial charge is 0.251 e. The maximum absolute atomic E-state index is 13.8. The normalized spacial score (nSPS) is 20.1. The average molecular weight is 290 g/mol. The van der Waals surface area contributed by atoms with Crippen molar-refractivity contribution in [1.82, 2.24) is 5.32 Å². The van der Waals surface area contributed by atoms with Gasteiger partial charge >= 0.3 is 0 Å². The quantitative estimate of drug-likeness (QED) is 0.825. The van der Waals surface area contributed by atoms with Crippen LogP contribution in [-0.4, -0.2) is 31.2 Å². The summed E-state index contributed by atoms with van der Waals surface area (Å²) in [5.74, 6) is 4.43. The summed E-state index contributed by atoms with van der Waals surface area (Å²) >= 11 is 0. The molecular weight excluding hydrogens is 271 g/mol. The van der Waals surface area contributed by atoms with E-state index in [-0.39, 0.29) is 30.2 Å². The molecule has 1 aromatic rings. The molecule has 0 radical (unpaired) electrons. The predicted molar refractivity (Wildman–Crippen MR) is 78.2 cm³/mol. The van der Waals surface area contributed by atoms with Gasteiger partial charge in [-0.1, -0.05) is 11.8 Å². The van der Waals surface area contributed by atoms with E-state index in [4.69, 9.17) is 10.5 Å². The number of rotatable bonds is 4. The highest BCUT2D eigenvalue weighted by atomic mass is 19.1. The fourth-order valence-corrected chi connectivity index (χ4v) is 2.23. The summed E-state index contributed by atoms with van der Waals surface area (Å²) in [7, 11) is 0. The van der Waals surface area contributed by atoms with Gasteiger partial charge in [0.2, 0.25) is 0 Å². The van der Waals surface area contributed by atoms with E-state index in [1.807, 2.05) is 6.92 Å². The number of ether oxygens (including phenoxy) is 1. The summed E-state index contributed by atoms with van der Waals surface area (Å²) in [5.41, 5.74) is 5.79. The molecule has 4 nitrogen and oxygen atoms in total. The van der Waals surface area contributed by atoms with Crippen LogP contribution < -0.4 is 11.1 Å². The Balaban J connectivity index is 1.93. The third kappa shape index (κ3) is 4.03. The molecule has 1 aromatic carbocycles. The summed E-state index contributed by atoms with van der Waals surface area (Å²) in [6, 6.07) is 4.37. The fraction of sp³-hybridized carbons (Fsp3) is 0.438. The molecular formula is C16H19FN2O2. The van der Waals surface area contributed by atoms with Gasteiger partial charge in [-0.3, -0.25) is 4.79 Å². The van der Waals surface area contributed by atoms with E-state index in [1.54, 1.807) is 6.07 Å². The van der Waals surface area contributed by atoms with Crippen molar-refractivity contribution in [2.75, 3.05) is 13.2 Å². The van der Waals surface area contributed by atoms with E-state index in [2.05, 4.69) is 17.2 Å². The lowest BCUT2D eigenvalue weighted by atomic mass is 9.89. The number of benzene rings is 1. The maximum atomic E-state index is 13.8. The van der Waals surface area contributed by atoms with Gasteiger partial charge in [-0.15, -0.1) is 0 Å². The van der Waals surface area contributed by atoms with E-state index in [9.17, 15) is 9.18 Å². The first-order valence-electron chi connectivity index (χ1n) is 7.05. The van der Waals surface area contributed by atoms with E-state index >= 15 is 0 Å². The third-order valence-corrected chi connectivity index (χ3v) is 3.39. The molecule has 0 atom stereocenters. The zero-order valence-electron chi connectivity index (χ0n) is 12.0. The number of nitrogens with two attached hydrogens (primary N) is 1. The monoisotopic (exact) mass is 290 g/mol. The molecule has 3 N–H and O–H groups in total. The first kappa shape index (κ1) is 15.5. The highest BCUT2D eigenvalue weighted by Crippen LogP contribution is 2.23. The first-order chi connectivity index (χ1) is 10.1. The van der Waals surface area contributed by atoms with Gasteiger partial charge in [-0.05, 0) is 38.0 Å². The van der Waals surface area contributed by atoms with Gasteiger partial charge in [0.05, 0.1) is 18.2 Å². The number of carbonyl (C=O) groups is 1. The van der Waals surface area contributed by atoms with Crippen LogP contribution in [0.4, 0.5) is 4.39 Å². The second kappa shape index (κ2) is 7.21. The Morgan fingerprint density at radius 1 is 1.52 bits per heavy atom. The van der Waals surface area contributed by atoms with Crippen molar-refractivity contribution in [2.24, 2.45) is 5.73 Å². The predicted octanol–water partition coefficient (Wildman–Crippen LogP) is 1.43. The standard InChI is InChI=1S/C16H19FN2O2/c1-2-21-14-9-13(10-14)19-16(20)12-6-5-11(4-3-7-18)15(17)8-12/h5-6,8,13-14H,2,7,9-10,18H2,1H3,(H,19,20). The van der Waals surface area contributed by atoms with Crippen LogP contribution in [0.15, 0.2) is 18.2 Å². The van der Waals surface area contributed by atoms with Gasteiger partial charge in [-0.25, -0.2) is 4.39 Å². The Morgan fingerprint density at radius 2 is 2.29 bits per heavy atom. The average Bonchev–Trinajstić information content (AvgIpc) is 2.43. The molecule has 1 aliphatic carbocycles. The van der Waals surface area contributed by atoms with Gasteiger partial charge in [0.15, 0.2) is 0 Å². The number of amides is 1. The minimum Gasteiger partial charge on any atom is -0.378 e. The number of nitrogens with one attached hydrogen (secondary N) is 1. The van der Waals surface area contributed by atoms with Gasteiger partial charge < -0.3 is 15.8 Å². The van der Waals surface area contributed by atoms with Crippen LogP contribution in [0.2, 0.25) is 0 Å². The topological polar surface area (TPSA) is 64.3 Å². The molecule has 0 heterocycles. The Labute approximate surface area is 123 Å². The summed E-state index contributed by atoms with van der Waals surface area (Å²) < 4.78 is 19.2. The summed E-state index contributed by atoms with van der Waals surface area (Å²) in [5, 5.41) is 2.87. The fourth-order valence-electron chi connectivity index (χ4n) is 2.23. The van der Waals surface area contributed by atoms with E-state index in [1.165, 1.54) is 12.1 Å². The van der Waals surface area contributed by atoms with Crippen LogP contribution in [0.1, 0.15) is 35.7 Å². The largest absolute Gasteiger partial charge is 0.378 e. The van der Waals surface area contributed by atoms with E-state index in [0.29, 0.717) is 12.2 Å². The molecule has 1 aliphatic rings.